The van der Waals surface area contributed by atoms with E-state index in [1.54, 1.807) is 0 Å². The van der Waals surface area contributed by atoms with E-state index < -0.39 is 18.3 Å². The Morgan fingerprint density at radius 1 is 1.27 bits per heavy atom. The average Bonchev–Trinajstić information content (AvgIpc) is 2.01. The van der Waals surface area contributed by atoms with Crippen molar-refractivity contribution in [1.29, 1.82) is 0 Å². The van der Waals surface area contributed by atoms with Crippen LogP contribution in [0.5, 0.6) is 0 Å². The number of piperidine rings is 1. The van der Waals surface area contributed by atoms with Gasteiger partial charge in [-0.05, 0) is 6.42 Å². The molecule has 11 heavy (non-hydrogen) atoms. The molecule has 0 bridgehead atoms. The molecule has 1 aliphatic rings. The fraction of sp³-hybridized carbons (Fsp3) is 1.00. The molecule has 0 saturated carbocycles. The van der Waals surface area contributed by atoms with Crippen molar-refractivity contribution in [2.24, 2.45) is 0 Å². The van der Waals surface area contributed by atoms with Gasteiger partial charge in [-0.3, -0.25) is 0 Å². The Labute approximate surface area is 65.9 Å². The quantitative estimate of drug-likeness (QED) is 0.376. The number of hydrogen-bond donors (Lipinski definition) is 4. The first-order chi connectivity index (χ1) is 5.16. The Bertz CT molecular complexity index is 129. The Kier molecular flexibility index (Phi) is 2.84. The van der Waals surface area contributed by atoms with Gasteiger partial charge in [-0.2, -0.15) is 0 Å². The monoisotopic (exact) mass is 161 g/mol. The lowest BCUT2D eigenvalue weighted by Crippen LogP contribution is -2.59. The van der Waals surface area contributed by atoms with E-state index in [1.165, 1.54) is 0 Å². The molecule has 1 heterocycles. The van der Waals surface area contributed by atoms with Crippen LogP contribution in [0, 0.1) is 0 Å². The zero-order valence-electron chi connectivity index (χ0n) is 6.57. The van der Waals surface area contributed by atoms with E-state index in [4.69, 9.17) is 5.11 Å². The maximum atomic E-state index is 9.34. The molecule has 1 rings (SSSR count). The molecule has 4 nitrogen and oxygen atoms in total. The highest BCUT2D eigenvalue weighted by Gasteiger charge is 2.34. The van der Waals surface area contributed by atoms with Crippen molar-refractivity contribution < 1.29 is 15.3 Å². The van der Waals surface area contributed by atoms with Crippen LogP contribution in [0.2, 0.25) is 0 Å². The lowest BCUT2D eigenvalue weighted by Gasteiger charge is -2.35. The summed E-state index contributed by atoms with van der Waals surface area (Å²) in [6.07, 6.45) is -1.93. The van der Waals surface area contributed by atoms with Gasteiger partial charge in [-0.1, -0.05) is 6.92 Å². The number of aliphatic hydroxyl groups excluding tert-OH is 3. The first-order valence-corrected chi connectivity index (χ1v) is 3.94. The fourth-order valence-electron chi connectivity index (χ4n) is 1.37. The molecule has 0 aromatic carbocycles. The maximum Gasteiger partial charge on any atom is 0.108 e. The molecule has 0 radical (unpaired) electrons. The number of hydrogen-bond acceptors (Lipinski definition) is 4. The minimum atomic E-state index is -0.999. The fourth-order valence-corrected chi connectivity index (χ4v) is 1.37. The van der Waals surface area contributed by atoms with E-state index in [0.29, 0.717) is 6.54 Å². The van der Waals surface area contributed by atoms with Gasteiger partial charge >= 0.3 is 0 Å². The van der Waals surface area contributed by atoms with Gasteiger partial charge in [0.1, 0.15) is 6.10 Å². The molecule has 4 heteroatoms. The SMILES string of the molecule is CC[C@H]1NC[C@@H](O)[C@@H](O)[C@H]1O. The standard InChI is InChI=1S/C7H15NO3/c1-2-4-6(10)7(11)5(9)3-8-4/h4-11H,2-3H2,1H3/t4-,5-,6+,7-/m1/s1. The van der Waals surface area contributed by atoms with Crippen LogP contribution >= 0.6 is 0 Å². The van der Waals surface area contributed by atoms with E-state index in [0.717, 1.165) is 6.42 Å². The summed E-state index contributed by atoms with van der Waals surface area (Å²) in [5.74, 6) is 0. The molecule has 0 aliphatic carbocycles. The molecular weight excluding hydrogens is 146 g/mol. The number of β-amino-alcohol motifs (C(OH)–C–C–N with tert-alkyl or cyclic N) is 1. The van der Waals surface area contributed by atoms with Crippen molar-refractivity contribution in [1.82, 2.24) is 5.32 Å². The summed E-state index contributed by atoms with van der Waals surface area (Å²) in [4.78, 5) is 0. The molecule has 66 valence electrons. The molecule has 4 N–H and O–H groups in total. The van der Waals surface area contributed by atoms with Gasteiger partial charge in [0.25, 0.3) is 0 Å². The predicted octanol–water partition coefficient (Wildman–Crippen LogP) is -1.55. The molecule has 0 spiro atoms. The highest BCUT2D eigenvalue weighted by atomic mass is 16.4. The molecule has 1 saturated heterocycles. The second kappa shape index (κ2) is 3.49. The summed E-state index contributed by atoms with van der Waals surface area (Å²) >= 11 is 0. The van der Waals surface area contributed by atoms with Gasteiger partial charge in [0, 0.05) is 12.6 Å². The average molecular weight is 161 g/mol. The first-order valence-electron chi connectivity index (χ1n) is 3.94. The molecular formula is C7H15NO3. The van der Waals surface area contributed by atoms with Crippen molar-refractivity contribution in [3.8, 4) is 0 Å². The van der Waals surface area contributed by atoms with Crippen molar-refractivity contribution in [3.05, 3.63) is 0 Å². The molecule has 1 aliphatic heterocycles. The summed E-state index contributed by atoms with van der Waals surface area (Å²) in [7, 11) is 0. The summed E-state index contributed by atoms with van der Waals surface area (Å²) in [5.41, 5.74) is 0. The van der Waals surface area contributed by atoms with Crippen LogP contribution in [-0.2, 0) is 0 Å². The summed E-state index contributed by atoms with van der Waals surface area (Å²) < 4.78 is 0. The third-order valence-corrected chi connectivity index (χ3v) is 2.19. The molecule has 0 amide bonds. The van der Waals surface area contributed by atoms with Gasteiger partial charge in [0.2, 0.25) is 0 Å². The minimum absolute atomic E-state index is 0.0894. The van der Waals surface area contributed by atoms with Crippen LogP contribution in [0.15, 0.2) is 0 Å². The lowest BCUT2D eigenvalue weighted by molar-refractivity contribution is -0.0943. The van der Waals surface area contributed by atoms with Crippen LogP contribution in [0.1, 0.15) is 13.3 Å². The van der Waals surface area contributed by atoms with E-state index in [-0.39, 0.29) is 6.04 Å². The highest BCUT2D eigenvalue weighted by Crippen LogP contribution is 2.12. The van der Waals surface area contributed by atoms with E-state index in [9.17, 15) is 10.2 Å². The number of rotatable bonds is 1. The third kappa shape index (κ3) is 1.70. The second-order valence-corrected chi connectivity index (χ2v) is 2.97. The van der Waals surface area contributed by atoms with E-state index in [2.05, 4.69) is 5.32 Å². The Hall–Kier alpha value is -0.160. The molecule has 4 atom stereocenters. The van der Waals surface area contributed by atoms with Crippen molar-refractivity contribution in [3.63, 3.8) is 0 Å². The molecule has 0 unspecified atom stereocenters. The van der Waals surface area contributed by atoms with E-state index in [1.807, 2.05) is 6.92 Å². The van der Waals surface area contributed by atoms with E-state index >= 15 is 0 Å². The molecule has 0 aromatic heterocycles. The Morgan fingerprint density at radius 3 is 2.45 bits per heavy atom. The summed E-state index contributed by atoms with van der Waals surface area (Å²) in [5, 5.41) is 30.6. The van der Waals surface area contributed by atoms with Crippen LogP contribution in [0.3, 0.4) is 0 Å². The lowest BCUT2D eigenvalue weighted by atomic mass is 9.95. The minimum Gasteiger partial charge on any atom is -0.389 e. The van der Waals surface area contributed by atoms with Crippen LogP contribution in [0.4, 0.5) is 0 Å². The third-order valence-electron chi connectivity index (χ3n) is 2.19. The van der Waals surface area contributed by atoms with Crippen LogP contribution in [-0.4, -0.2) is 46.2 Å². The van der Waals surface area contributed by atoms with Gasteiger partial charge in [0.05, 0.1) is 12.2 Å². The second-order valence-electron chi connectivity index (χ2n) is 2.97. The topological polar surface area (TPSA) is 72.7 Å². The summed E-state index contributed by atoms with van der Waals surface area (Å²) in [6, 6.07) is -0.0894. The van der Waals surface area contributed by atoms with Crippen molar-refractivity contribution in [2.75, 3.05) is 6.54 Å². The normalized spacial score (nSPS) is 45.8. The number of nitrogens with one attached hydrogen (secondary N) is 1. The molecule has 0 aromatic rings. The number of aliphatic hydroxyl groups is 3. The van der Waals surface area contributed by atoms with Gasteiger partial charge in [0.15, 0.2) is 0 Å². The van der Waals surface area contributed by atoms with Gasteiger partial charge in [-0.25, -0.2) is 0 Å². The maximum absolute atomic E-state index is 9.34. The largest absolute Gasteiger partial charge is 0.389 e. The predicted molar refractivity (Wildman–Crippen MR) is 40.1 cm³/mol. The van der Waals surface area contributed by atoms with Crippen LogP contribution < -0.4 is 5.32 Å². The highest BCUT2D eigenvalue weighted by molar-refractivity contribution is 4.91. The van der Waals surface area contributed by atoms with Crippen LogP contribution in [0.25, 0.3) is 0 Å². The van der Waals surface area contributed by atoms with Crippen molar-refractivity contribution >= 4 is 0 Å². The zero-order chi connectivity index (χ0) is 8.43. The summed E-state index contributed by atoms with van der Waals surface area (Å²) in [6.45, 7) is 2.28. The smallest absolute Gasteiger partial charge is 0.108 e. The Balaban J connectivity index is 2.52. The zero-order valence-corrected chi connectivity index (χ0v) is 6.57. The van der Waals surface area contributed by atoms with Gasteiger partial charge in [-0.15, -0.1) is 0 Å². The first kappa shape index (κ1) is 8.93. The Morgan fingerprint density at radius 2 is 1.91 bits per heavy atom. The van der Waals surface area contributed by atoms with Crippen molar-refractivity contribution in [2.45, 2.75) is 37.7 Å². The molecule has 1 fully saturated rings. The van der Waals surface area contributed by atoms with Gasteiger partial charge < -0.3 is 20.6 Å².